The van der Waals surface area contributed by atoms with Crippen LogP contribution in [0.5, 0.6) is 0 Å². The van der Waals surface area contributed by atoms with E-state index in [4.69, 9.17) is 32.7 Å². The fourth-order valence-corrected chi connectivity index (χ4v) is 3.00. The van der Waals surface area contributed by atoms with Gasteiger partial charge in [-0.15, -0.1) is 0 Å². The maximum atomic E-state index is 12.1. The standard InChI is InChI=1S/C14H20Cl2O4/c1-3-19-13(17)11(14(18)20-4-2)9-7-5-6-8-10(9)12(15)16/h9,11H,3-8H2,1-2H3. The predicted octanol–water partition coefficient (Wildman–Crippen LogP) is 3.61. The summed E-state index contributed by atoms with van der Waals surface area (Å²) in [5.74, 6) is -2.43. The van der Waals surface area contributed by atoms with Gasteiger partial charge in [-0.3, -0.25) is 9.59 Å². The number of ether oxygens (including phenoxy) is 2. The maximum absolute atomic E-state index is 12.1. The molecule has 4 nitrogen and oxygen atoms in total. The molecule has 0 bridgehead atoms. The van der Waals surface area contributed by atoms with Gasteiger partial charge in [0.25, 0.3) is 0 Å². The van der Waals surface area contributed by atoms with Crippen LogP contribution in [0.1, 0.15) is 39.5 Å². The molecule has 6 heteroatoms. The lowest BCUT2D eigenvalue weighted by Crippen LogP contribution is -2.36. The zero-order chi connectivity index (χ0) is 15.1. The molecule has 20 heavy (non-hydrogen) atoms. The van der Waals surface area contributed by atoms with Crippen molar-refractivity contribution in [2.75, 3.05) is 13.2 Å². The van der Waals surface area contributed by atoms with Crippen LogP contribution in [0.2, 0.25) is 0 Å². The van der Waals surface area contributed by atoms with Crippen LogP contribution >= 0.6 is 23.2 Å². The minimum Gasteiger partial charge on any atom is -0.465 e. The average molecular weight is 323 g/mol. The van der Waals surface area contributed by atoms with Crippen molar-refractivity contribution in [3.8, 4) is 0 Å². The van der Waals surface area contributed by atoms with Crippen molar-refractivity contribution >= 4 is 35.1 Å². The average Bonchev–Trinajstić information content (AvgIpc) is 2.40. The predicted molar refractivity (Wildman–Crippen MR) is 77.4 cm³/mol. The molecule has 0 N–H and O–H groups in total. The van der Waals surface area contributed by atoms with E-state index < -0.39 is 17.9 Å². The number of esters is 2. The Morgan fingerprint density at radius 3 is 2.15 bits per heavy atom. The van der Waals surface area contributed by atoms with E-state index in [2.05, 4.69) is 0 Å². The molecule has 0 heterocycles. The highest BCUT2D eigenvalue weighted by atomic mass is 35.5. The van der Waals surface area contributed by atoms with E-state index in [1.54, 1.807) is 13.8 Å². The number of hydrogen-bond donors (Lipinski definition) is 0. The zero-order valence-corrected chi connectivity index (χ0v) is 13.3. The van der Waals surface area contributed by atoms with Gasteiger partial charge in [-0.25, -0.2) is 0 Å². The number of halogens is 2. The molecule has 1 rings (SSSR count). The normalized spacial score (nSPS) is 18.9. The van der Waals surface area contributed by atoms with Gasteiger partial charge < -0.3 is 9.47 Å². The smallest absolute Gasteiger partial charge is 0.320 e. The Morgan fingerprint density at radius 1 is 1.15 bits per heavy atom. The minimum atomic E-state index is -0.974. The summed E-state index contributed by atoms with van der Waals surface area (Å²) in [4.78, 5) is 24.2. The highest BCUT2D eigenvalue weighted by Gasteiger charge is 2.40. The Morgan fingerprint density at radius 2 is 1.70 bits per heavy atom. The minimum absolute atomic E-state index is 0.147. The van der Waals surface area contributed by atoms with E-state index in [-0.39, 0.29) is 23.6 Å². The third-order valence-corrected chi connectivity index (χ3v) is 3.87. The quantitative estimate of drug-likeness (QED) is 0.573. The lowest BCUT2D eigenvalue weighted by molar-refractivity contribution is -0.164. The molecule has 0 aromatic carbocycles. The largest absolute Gasteiger partial charge is 0.465 e. The number of carbonyl (C=O) groups excluding carboxylic acids is 2. The molecular formula is C14H20Cl2O4. The van der Waals surface area contributed by atoms with E-state index in [0.29, 0.717) is 12.8 Å². The third kappa shape index (κ3) is 4.38. The second-order valence-electron chi connectivity index (χ2n) is 4.62. The first-order valence-corrected chi connectivity index (χ1v) is 7.65. The molecule has 0 aromatic heterocycles. The Balaban J connectivity index is 3.04. The molecule has 1 aliphatic rings. The SMILES string of the molecule is CCOC(=O)C(C(=O)OCC)C1CCCCC1=C(Cl)Cl. The van der Waals surface area contributed by atoms with Crippen LogP contribution in [0, 0.1) is 11.8 Å². The first-order chi connectivity index (χ1) is 9.52. The number of hydrogen-bond acceptors (Lipinski definition) is 4. The summed E-state index contributed by atoms with van der Waals surface area (Å²) in [6.07, 6.45) is 3.25. The molecule has 0 aromatic rings. The summed E-state index contributed by atoms with van der Waals surface area (Å²) in [5.41, 5.74) is 0.755. The van der Waals surface area contributed by atoms with E-state index in [9.17, 15) is 9.59 Å². The Hall–Kier alpha value is -0.740. The molecule has 1 fully saturated rings. The summed E-state index contributed by atoms with van der Waals surface area (Å²) in [7, 11) is 0. The number of rotatable bonds is 5. The molecule has 114 valence electrons. The molecule has 1 aliphatic carbocycles. The lowest BCUT2D eigenvalue weighted by atomic mass is 9.77. The van der Waals surface area contributed by atoms with Crippen LogP contribution in [-0.2, 0) is 19.1 Å². The van der Waals surface area contributed by atoms with Crippen molar-refractivity contribution in [3.05, 3.63) is 10.1 Å². The van der Waals surface area contributed by atoms with Crippen molar-refractivity contribution in [1.29, 1.82) is 0 Å². The third-order valence-electron chi connectivity index (χ3n) is 3.38. The molecule has 1 saturated carbocycles. The van der Waals surface area contributed by atoms with Gasteiger partial charge in [0.15, 0.2) is 5.92 Å². The summed E-state index contributed by atoms with van der Waals surface area (Å²) in [5, 5.41) is 0. The first kappa shape index (κ1) is 17.3. The molecule has 0 amide bonds. The monoisotopic (exact) mass is 322 g/mol. The molecule has 0 saturated heterocycles. The summed E-state index contributed by atoms with van der Waals surface area (Å²) < 4.78 is 10.2. The molecule has 1 atom stereocenters. The van der Waals surface area contributed by atoms with Crippen molar-refractivity contribution in [2.45, 2.75) is 39.5 Å². The van der Waals surface area contributed by atoms with E-state index >= 15 is 0 Å². The van der Waals surface area contributed by atoms with Crippen LogP contribution in [-0.4, -0.2) is 25.2 Å². The highest BCUT2D eigenvalue weighted by Crippen LogP contribution is 2.39. The summed E-state index contributed by atoms with van der Waals surface area (Å²) in [6.45, 7) is 3.84. The maximum Gasteiger partial charge on any atom is 0.320 e. The lowest BCUT2D eigenvalue weighted by Gasteiger charge is -2.30. The topological polar surface area (TPSA) is 52.6 Å². The van der Waals surface area contributed by atoms with Crippen LogP contribution in [0.15, 0.2) is 10.1 Å². The zero-order valence-electron chi connectivity index (χ0n) is 11.8. The molecule has 0 spiro atoms. The summed E-state index contributed by atoms with van der Waals surface area (Å²) >= 11 is 11.8. The second kappa shape index (κ2) is 8.53. The van der Waals surface area contributed by atoms with Gasteiger partial charge in [-0.05, 0) is 38.7 Å². The molecular weight excluding hydrogens is 303 g/mol. The first-order valence-electron chi connectivity index (χ1n) is 6.90. The van der Waals surface area contributed by atoms with Gasteiger partial charge in [0.2, 0.25) is 0 Å². The van der Waals surface area contributed by atoms with Gasteiger partial charge in [0, 0.05) is 5.92 Å². The van der Waals surface area contributed by atoms with Crippen LogP contribution in [0.25, 0.3) is 0 Å². The van der Waals surface area contributed by atoms with Gasteiger partial charge in [0.1, 0.15) is 4.49 Å². The molecule has 1 unspecified atom stereocenters. The van der Waals surface area contributed by atoms with Crippen molar-refractivity contribution in [2.24, 2.45) is 11.8 Å². The fraction of sp³-hybridized carbons (Fsp3) is 0.714. The Labute approximate surface area is 129 Å². The molecule has 0 radical (unpaired) electrons. The van der Waals surface area contributed by atoms with Crippen molar-refractivity contribution in [1.82, 2.24) is 0 Å². The fourth-order valence-electron chi connectivity index (χ4n) is 2.53. The van der Waals surface area contributed by atoms with Gasteiger partial charge in [-0.2, -0.15) is 0 Å². The van der Waals surface area contributed by atoms with Crippen LogP contribution < -0.4 is 0 Å². The van der Waals surface area contributed by atoms with Gasteiger partial charge in [-0.1, -0.05) is 29.6 Å². The highest BCUT2D eigenvalue weighted by molar-refractivity contribution is 6.56. The van der Waals surface area contributed by atoms with E-state index in [1.807, 2.05) is 0 Å². The van der Waals surface area contributed by atoms with Crippen molar-refractivity contribution < 1.29 is 19.1 Å². The van der Waals surface area contributed by atoms with Gasteiger partial charge in [0.05, 0.1) is 13.2 Å². The number of allylic oxidation sites excluding steroid dienone is 1. The second-order valence-corrected chi connectivity index (χ2v) is 5.57. The number of carbonyl (C=O) groups is 2. The van der Waals surface area contributed by atoms with E-state index in [0.717, 1.165) is 18.4 Å². The van der Waals surface area contributed by atoms with Crippen molar-refractivity contribution in [3.63, 3.8) is 0 Å². The Kier molecular flexibility index (Phi) is 7.38. The molecule has 0 aliphatic heterocycles. The van der Waals surface area contributed by atoms with E-state index in [1.165, 1.54) is 0 Å². The summed E-state index contributed by atoms with van der Waals surface area (Å²) in [6, 6.07) is 0. The van der Waals surface area contributed by atoms with Crippen LogP contribution in [0.4, 0.5) is 0 Å². The Bertz CT molecular complexity index is 371. The van der Waals surface area contributed by atoms with Crippen LogP contribution in [0.3, 0.4) is 0 Å². The van der Waals surface area contributed by atoms with Gasteiger partial charge >= 0.3 is 11.9 Å².